The van der Waals surface area contributed by atoms with Crippen molar-refractivity contribution in [3.63, 3.8) is 0 Å². The van der Waals surface area contributed by atoms with Crippen LogP contribution in [0.3, 0.4) is 0 Å². The first-order valence-corrected chi connectivity index (χ1v) is 6.49. The van der Waals surface area contributed by atoms with Crippen LogP contribution in [0.2, 0.25) is 5.15 Å². The first-order chi connectivity index (χ1) is 9.11. The third-order valence-corrected chi connectivity index (χ3v) is 3.10. The molecular weight excluding hydrogens is 260 g/mol. The number of anilines is 1. The molecule has 1 heterocycles. The molecule has 2 aromatic rings. The van der Waals surface area contributed by atoms with E-state index in [1.54, 1.807) is 24.1 Å². The van der Waals surface area contributed by atoms with Crippen LogP contribution in [0.1, 0.15) is 23.0 Å². The maximum absolute atomic E-state index is 12.4. The monoisotopic (exact) mass is 274 g/mol. The average Bonchev–Trinajstić information content (AvgIpc) is 2.46. The second kappa shape index (κ2) is 5.85. The highest BCUT2D eigenvalue weighted by Crippen LogP contribution is 2.17. The van der Waals surface area contributed by atoms with Crippen molar-refractivity contribution in [2.45, 2.75) is 13.3 Å². The number of para-hydroxylation sites is 1. The van der Waals surface area contributed by atoms with E-state index >= 15 is 0 Å². The van der Waals surface area contributed by atoms with E-state index in [1.807, 2.05) is 37.3 Å². The molecule has 0 spiro atoms. The smallest absolute Gasteiger partial charge is 0.258 e. The van der Waals surface area contributed by atoms with Gasteiger partial charge in [0.2, 0.25) is 0 Å². The Hall–Kier alpha value is -1.87. The van der Waals surface area contributed by atoms with Crippen LogP contribution >= 0.6 is 11.6 Å². The molecule has 1 aromatic carbocycles. The van der Waals surface area contributed by atoms with Gasteiger partial charge in [0.1, 0.15) is 5.15 Å². The molecule has 0 N–H and O–H groups in total. The lowest BCUT2D eigenvalue weighted by molar-refractivity contribution is 0.0993. The summed E-state index contributed by atoms with van der Waals surface area (Å²) >= 11 is 5.94. The number of aromatic nitrogens is 1. The molecule has 0 saturated carbocycles. The minimum Gasteiger partial charge on any atom is -0.311 e. The molecule has 19 heavy (non-hydrogen) atoms. The number of hydrogen-bond donors (Lipinski definition) is 0. The Kier molecular flexibility index (Phi) is 4.17. The van der Waals surface area contributed by atoms with Gasteiger partial charge in [0, 0.05) is 24.0 Å². The van der Waals surface area contributed by atoms with Crippen molar-refractivity contribution in [3.05, 3.63) is 58.9 Å². The first-order valence-electron chi connectivity index (χ1n) is 6.11. The highest BCUT2D eigenvalue weighted by molar-refractivity contribution is 6.29. The average molecular weight is 275 g/mol. The van der Waals surface area contributed by atoms with Crippen molar-refractivity contribution in [3.8, 4) is 0 Å². The number of carbonyl (C=O) groups excluding carboxylic acids is 1. The summed E-state index contributed by atoms with van der Waals surface area (Å²) in [7, 11) is 1.75. The van der Waals surface area contributed by atoms with Crippen LogP contribution < -0.4 is 4.90 Å². The Labute approximate surface area is 117 Å². The van der Waals surface area contributed by atoms with Gasteiger partial charge in [0.15, 0.2) is 0 Å². The summed E-state index contributed by atoms with van der Waals surface area (Å²) in [5, 5.41) is 0.351. The highest BCUT2D eigenvalue weighted by atomic mass is 35.5. The fourth-order valence-electron chi connectivity index (χ4n) is 1.82. The van der Waals surface area contributed by atoms with Crippen LogP contribution in [0, 0.1) is 0 Å². The third-order valence-electron chi connectivity index (χ3n) is 2.90. The van der Waals surface area contributed by atoms with E-state index in [0.717, 1.165) is 17.8 Å². The summed E-state index contributed by atoms with van der Waals surface area (Å²) in [6, 6.07) is 12.9. The number of amides is 1. The van der Waals surface area contributed by atoms with Gasteiger partial charge in [-0.1, -0.05) is 36.7 Å². The van der Waals surface area contributed by atoms with Crippen molar-refractivity contribution in [1.82, 2.24) is 4.98 Å². The number of nitrogens with zero attached hydrogens (tertiary/aromatic N) is 2. The molecule has 2 rings (SSSR count). The molecule has 0 atom stereocenters. The SMILES string of the molecule is CCc1cc(C(=O)N(C)c2ccccc2)cc(Cl)n1. The molecule has 0 aliphatic rings. The fourth-order valence-corrected chi connectivity index (χ4v) is 2.04. The Balaban J connectivity index is 2.31. The van der Waals surface area contributed by atoms with E-state index < -0.39 is 0 Å². The molecule has 4 heteroatoms. The van der Waals surface area contributed by atoms with Crippen molar-refractivity contribution in [2.75, 3.05) is 11.9 Å². The van der Waals surface area contributed by atoms with Crippen molar-refractivity contribution in [1.29, 1.82) is 0 Å². The lowest BCUT2D eigenvalue weighted by atomic mass is 10.1. The number of hydrogen-bond acceptors (Lipinski definition) is 2. The molecule has 98 valence electrons. The molecule has 3 nitrogen and oxygen atoms in total. The molecule has 0 aliphatic carbocycles. The Bertz CT molecular complexity index is 584. The van der Waals surface area contributed by atoms with E-state index in [0.29, 0.717) is 10.7 Å². The van der Waals surface area contributed by atoms with Gasteiger partial charge >= 0.3 is 0 Å². The Morgan fingerprint density at radius 1 is 1.26 bits per heavy atom. The molecule has 0 saturated heterocycles. The molecule has 0 radical (unpaired) electrons. The van der Waals surface area contributed by atoms with Crippen LogP contribution in [0.15, 0.2) is 42.5 Å². The van der Waals surface area contributed by atoms with Crippen LogP contribution in [0.25, 0.3) is 0 Å². The van der Waals surface area contributed by atoms with Crippen molar-refractivity contribution < 1.29 is 4.79 Å². The summed E-state index contributed by atoms with van der Waals surface area (Å²) in [6.07, 6.45) is 0.746. The minimum atomic E-state index is -0.0924. The van der Waals surface area contributed by atoms with E-state index in [9.17, 15) is 4.79 Å². The van der Waals surface area contributed by atoms with Crippen LogP contribution in [-0.4, -0.2) is 17.9 Å². The van der Waals surface area contributed by atoms with Crippen LogP contribution in [0.4, 0.5) is 5.69 Å². The zero-order valence-electron chi connectivity index (χ0n) is 10.9. The largest absolute Gasteiger partial charge is 0.311 e. The molecule has 1 amide bonds. The lowest BCUT2D eigenvalue weighted by Gasteiger charge is -2.17. The summed E-state index contributed by atoms with van der Waals surface area (Å²) in [6.45, 7) is 1.98. The number of aryl methyl sites for hydroxylation is 1. The minimum absolute atomic E-state index is 0.0924. The second-order valence-corrected chi connectivity index (χ2v) is 4.61. The Morgan fingerprint density at radius 2 is 1.95 bits per heavy atom. The van der Waals surface area contributed by atoms with E-state index in [-0.39, 0.29) is 5.91 Å². The summed E-state index contributed by atoms with van der Waals surface area (Å²) < 4.78 is 0. The van der Waals surface area contributed by atoms with Gasteiger partial charge in [-0.3, -0.25) is 4.79 Å². The van der Waals surface area contributed by atoms with Crippen molar-refractivity contribution >= 4 is 23.2 Å². The fraction of sp³-hybridized carbons (Fsp3) is 0.200. The van der Waals surface area contributed by atoms with Gasteiger partial charge in [-0.25, -0.2) is 4.98 Å². The van der Waals surface area contributed by atoms with Gasteiger partial charge in [-0.15, -0.1) is 0 Å². The normalized spacial score (nSPS) is 10.3. The first kappa shape index (κ1) is 13.6. The zero-order valence-corrected chi connectivity index (χ0v) is 11.7. The Morgan fingerprint density at radius 3 is 2.58 bits per heavy atom. The highest BCUT2D eigenvalue weighted by Gasteiger charge is 2.14. The third kappa shape index (κ3) is 3.12. The predicted octanol–water partition coefficient (Wildman–Crippen LogP) is 3.57. The number of halogens is 1. The summed E-state index contributed by atoms with van der Waals surface area (Å²) in [5.41, 5.74) is 2.22. The van der Waals surface area contributed by atoms with Gasteiger partial charge in [0.25, 0.3) is 5.91 Å². The van der Waals surface area contributed by atoms with Gasteiger partial charge in [-0.05, 0) is 30.7 Å². The second-order valence-electron chi connectivity index (χ2n) is 4.22. The molecule has 0 unspecified atom stereocenters. The lowest BCUT2D eigenvalue weighted by Crippen LogP contribution is -2.26. The predicted molar refractivity (Wildman–Crippen MR) is 77.8 cm³/mol. The maximum atomic E-state index is 12.4. The number of rotatable bonds is 3. The molecular formula is C15H15ClN2O. The summed E-state index contributed by atoms with van der Waals surface area (Å²) in [4.78, 5) is 18.2. The van der Waals surface area contributed by atoms with E-state index in [4.69, 9.17) is 11.6 Å². The van der Waals surface area contributed by atoms with Gasteiger partial charge < -0.3 is 4.90 Å². The van der Waals surface area contributed by atoms with E-state index in [2.05, 4.69) is 4.98 Å². The molecule has 0 aliphatic heterocycles. The number of carbonyl (C=O) groups is 1. The van der Waals surface area contributed by atoms with Gasteiger partial charge in [-0.2, -0.15) is 0 Å². The van der Waals surface area contributed by atoms with Crippen molar-refractivity contribution in [2.24, 2.45) is 0 Å². The summed E-state index contributed by atoms with van der Waals surface area (Å²) in [5.74, 6) is -0.0924. The standard InChI is InChI=1S/C15H15ClN2O/c1-3-12-9-11(10-14(16)17-12)15(19)18(2)13-7-5-4-6-8-13/h4-10H,3H2,1-2H3. The quantitative estimate of drug-likeness (QED) is 0.802. The van der Waals surface area contributed by atoms with Gasteiger partial charge in [0.05, 0.1) is 0 Å². The van der Waals surface area contributed by atoms with Crippen LogP contribution in [-0.2, 0) is 6.42 Å². The van der Waals surface area contributed by atoms with E-state index in [1.165, 1.54) is 0 Å². The van der Waals surface area contributed by atoms with Crippen LogP contribution in [0.5, 0.6) is 0 Å². The molecule has 0 bridgehead atoms. The number of pyridine rings is 1. The molecule has 0 fully saturated rings. The maximum Gasteiger partial charge on any atom is 0.258 e. The number of benzene rings is 1. The zero-order chi connectivity index (χ0) is 13.8. The molecule has 1 aromatic heterocycles. The topological polar surface area (TPSA) is 33.2 Å².